The van der Waals surface area contributed by atoms with E-state index >= 15 is 0 Å². The number of anilines is 1. The number of para-hydroxylation sites is 1. The molecule has 2 saturated heterocycles. The van der Waals surface area contributed by atoms with Gasteiger partial charge in [0.15, 0.2) is 6.61 Å². The summed E-state index contributed by atoms with van der Waals surface area (Å²) in [6.45, 7) is 5.93. The molecule has 2 aliphatic heterocycles. The lowest BCUT2D eigenvalue weighted by molar-refractivity contribution is -0.135. The van der Waals surface area contributed by atoms with Crippen LogP contribution in [0.4, 0.5) is 10.1 Å². The number of nitrogens with zero attached hydrogens (tertiary/aromatic N) is 2. The van der Waals surface area contributed by atoms with Crippen LogP contribution in [0.2, 0.25) is 0 Å². The Hall–Kier alpha value is -2.56. The van der Waals surface area contributed by atoms with Crippen molar-refractivity contribution >= 4 is 11.6 Å². The van der Waals surface area contributed by atoms with Gasteiger partial charge < -0.3 is 14.5 Å². The summed E-state index contributed by atoms with van der Waals surface area (Å²) in [6.07, 6.45) is 1.87. The van der Waals surface area contributed by atoms with Crippen molar-refractivity contribution in [3.8, 4) is 5.75 Å². The Bertz CT molecular complexity index is 840. The predicted octanol–water partition coefficient (Wildman–Crippen LogP) is 4.11. The highest BCUT2D eigenvalue weighted by atomic mass is 19.1. The number of carbonyl (C=O) groups excluding carboxylic acids is 1. The van der Waals surface area contributed by atoms with E-state index in [0.717, 1.165) is 25.1 Å². The van der Waals surface area contributed by atoms with Gasteiger partial charge in [0, 0.05) is 30.4 Å². The Kier molecular flexibility index (Phi) is 5.00. The second kappa shape index (κ2) is 7.46. The molecule has 0 radical (unpaired) electrons. The number of ether oxygens (including phenoxy) is 1. The van der Waals surface area contributed by atoms with Gasteiger partial charge in [0.1, 0.15) is 11.6 Å². The van der Waals surface area contributed by atoms with Crippen LogP contribution in [0.3, 0.4) is 0 Å². The maximum atomic E-state index is 13.8. The van der Waals surface area contributed by atoms with Crippen molar-refractivity contribution in [2.24, 2.45) is 5.92 Å². The van der Waals surface area contributed by atoms with Gasteiger partial charge in [-0.2, -0.15) is 0 Å². The van der Waals surface area contributed by atoms with Gasteiger partial charge in [-0.25, -0.2) is 4.39 Å². The number of halogens is 1. The topological polar surface area (TPSA) is 32.8 Å². The van der Waals surface area contributed by atoms with Crippen LogP contribution < -0.4 is 9.64 Å². The SMILES string of the molecule is CC1(C)C[C@@H]2CN(C(=O)COc3ccccc3)CC[C@@H]2N1c1cccc(F)c1. The Morgan fingerprint density at radius 3 is 2.71 bits per heavy atom. The van der Waals surface area contributed by atoms with Crippen LogP contribution in [0.15, 0.2) is 54.6 Å². The first-order chi connectivity index (χ1) is 13.4. The van der Waals surface area contributed by atoms with E-state index in [1.165, 1.54) is 6.07 Å². The van der Waals surface area contributed by atoms with E-state index in [1.807, 2.05) is 41.3 Å². The minimum Gasteiger partial charge on any atom is -0.484 e. The number of likely N-dealkylation sites (tertiary alicyclic amines) is 1. The fourth-order valence-electron chi connectivity index (χ4n) is 4.90. The van der Waals surface area contributed by atoms with Crippen molar-refractivity contribution < 1.29 is 13.9 Å². The average Bonchev–Trinajstić information content (AvgIpc) is 2.95. The van der Waals surface area contributed by atoms with E-state index in [1.54, 1.807) is 12.1 Å². The van der Waals surface area contributed by atoms with E-state index in [9.17, 15) is 9.18 Å². The van der Waals surface area contributed by atoms with E-state index in [2.05, 4.69) is 18.7 Å². The lowest BCUT2D eigenvalue weighted by atomic mass is 9.90. The van der Waals surface area contributed by atoms with Gasteiger partial charge in [0.25, 0.3) is 5.91 Å². The molecule has 0 N–H and O–H groups in total. The third-order valence-electron chi connectivity index (χ3n) is 5.98. The van der Waals surface area contributed by atoms with Crippen LogP contribution >= 0.6 is 0 Å². The molecular formula is C23H27FN2O2. The molecule has 4 nitrogen and oxygen atoms in total. The number of hydrogen-bond acceptors (Lipinski definition) is 3. The van der Waals surface area contributed by atoms with Crippen molar-refractivity contribution in [2.45, 2.75) is 38.3 Å². The average molecular weight is 382 g/mol. The molecule has 2 aromatic rings. The molecule has 28 heavy (non-hydrogen) atoms. The number of hydrogen-bond donors (Lipinski definition) is 0. The predicted molar refractivity (Wildman–Crippen MR) is 108 cm³/mol. The summed E-state index contributed by atoms with van der Waals surface area (Å²) in [4.78, 5) is 16.9. The molecular weight excluding hydrogens is 355 g/mol. The summed E-state index contributed by atoms with van der Waals surface area (Å²) in [5.74, 6) is 0.921. The smallest absolute Gasteiger partial charge is 0.260 e. The van der Waals surface area contributed by atoms with Gasteiger partial charge in [-0.1, -0.05) is 24.3 Å². The van der Waals surface area contributed by atoms with Gasteiger partial charge in [0.05, 0.1) is 0 Å². The van der Waals surface area contributed by atoms with Gasteiger partial charge >= 0.3 is 0 Å². The summed E-state index contributed by atoms with van der Waals surface area (Å²) in [7, 11) is 0. The molecule has 0 bridgehead atoms. The third-order valence-corrected chi connectivity index (χ3v) is 5.98. The van der Waals surface area contributed by atoms with E-state index in [0.29, 0.717) is 24.3 Å². The number of benzene rings is 2. The van der Waals surface area contributed by atoms with Crippen LogP contribution in [-0.4, -0.2) is 42.1 Å². The molecule has 0 aromatic heterocycles. The summed E-state index contributed by atoms with van der Waals surface area (Å²) in [6, 6.07) is 16.6. The number of fused-ring (bicyclic) bond motifs is 1. The van der Waals surface area contributed by atoms with E-state index < -0.39 is 0 Å². The third kappa shape index (κ3) is 3.71. The number of carbonyl (C=O) groups is 1. The van der Waals surface area contributed by atoms with E-state index in [-0.39, 0.29) is 23.9 Å². The maximum absolute atomic E-state index is 13.8. The largest absolute Gasteiger partial charge is 0.484 e. The number of amides is 1. The van der Waals surface area contributed by atoms with Gasteiger partial charge in [-0.3, -0.25) is 4.79 Å². The molecule has 2 aliphatic rings. The minimum absolute atomic E-state index is 0.0318. The molecule has 1 amide bonds. The molecule has 5 heteroatoms. The highest BCUT2D eigenvalue weighted by Gasteiger charge is 2.48. The van der Waals surface area contributed by atoms with Crippen molar-refractivity contribution in [3.05, 3.63) is 60.4 Å². The first-order valence-electron chi connectivity index (χ1n) is 9.94. The second-order valence-corrected chi connectivity index (χ2v) is 8.42. The summed E-state index contributed by atoms with van der Waals surface area (Å²) >= 11 is 0. The zero-order valence-corrected chi connectivity index (χ0v) is 16.5. The molecule has 148 valence electrons. The van der Waals surface area contributed by atoms with Crippen molar-refractivity contribution in [1.82, 2.24) is 4.90 Å². The minimum atomic E-state index is -0.206. The van der Waals surface area contributed by atoms with Gasteiger partial charge in [-0.15, -0.1) is 0 Å². The zero-order valence-electron chi connectivity index (χ0n) is 16.5. The lowest BCUT2D eigenvalue weighted by Crippen LogP contribution is -2.51. The molecule has 0 spiro atoms. The van der Waals surface area contributed by atoms with Gasteiger partial charge in [0.2, 0.25) is 0 Å². The lowest BCUT2D eigenvalue weighted by Gasteiger charge is -2.41. The molecule has 0 unspecified atom stereocenters. The Balaban J connectivity index is 1.43. The molecule has 0 aliphatic carbocycles. The first kappa shape index (κ1) is 18.8. The van der Waals surface area contributed by atoms with Crippen LogP contribution in [0.25, 0.3) is 0 Å². The maximum Gasteiger partial charge on any atom is 0.260 e. The van der Waals surface area contributed by atoms with Crippen molar-refractivity contribution in [2.75, 3.05) is 24.6 Å². The number of rotatable bonds is 4. The molecule has 2 fully saturated rings. The van der Waals surface area contributed by atoms with Crippen LogP contribution in [-0.2, 0) is 4.79 Å². The Morgan fingerprint density at radius 2 is 1.96 bits per heavy atom. The summed E-state index contributed by atoms with van der Waals surface area (Å²) in [5, 5.41) is 0. The first-order valence-corrected chi connectivity index (χ1v) is 9.94. The summed E-state index contributed by atoms with van der Waals surface area (Å²) in [5.41, 5.74) is 0.868. The molecule has 2 atom stereocenters. The quantitative estimate of drug-likeness (QED) is 0.798. The zero-order chi connectivity index (χ0) is 19.7. The molecule has 4 rings (SSSR count). The molecule has 2 aromatic carbocycles. The standard InChI is InChI=1S/C23H27FN2O2/c1-23(2)14-17-15-25(22(27)16-28-20-9-4-3-5-10-20)12-11-21(17)26(23)19-8-6-7-18(24)13-19/h3-10,13,17,21H,11-12,14-16H2,1-2H3/t17-,21+/m1/s1. The van der Waals surface area contributed by atoms with Crippen molar-refractivity contribution in [1.29, 1.82) is 0 Å². The molecule has 2 heterocycles. The normalized spacial score (nSPS) is 23.4. The van der Waals surface area contributed by atoms with Crippen LogP contribution in [0.5, 0.6) is 5.75 Å². The Labute approximate surface area is 165 Å². The fraction of sp³-hybridized carbons (Fsp3) is 0.435. The van der Waals surface area contributed by atoms with E-state index in [4.69, 9.17) is 4.74 Å². The van der Waals surface area contributed by atoms with Crippen LogP contribution in [0.1, 0.15) is 26.7 Å². The highest BCUT2D eigenvalue weighted by molar-refractivity contribution is 5.78. The highest BCUT2D eigenvalue weighted by Crippen LogP contribution is 2.44. The van der Waals surface area contributed by atoms with Crippen molar-refractivity contribution in [3.63, 3.8) is 0 Å². The number of piperidine rings is 1. The Morgan fingerprint density at radius 1 is 1.18 bits per heavy atom. The fourth-order valence-corrected chi connectivity index (χ4v) is 4.90. The van der Waals surface area contributed by atoms with Gasteiger partial charge in [-0.05, 0) is 62.9 Å². The van der Waals surface area contributed by atoms with Crippen LogP contribution in [0, 0.1) is 11.7 Å². The monoisotopic (exact) mass is 382 g/mol. The molecule has 0 saturated carbocycles. The second-order valence-electron chi connectivity index (χ2n) is 8.42. The summed E-state index contributed by atoms with van der Waals surface area (Å²) < 4.78 is 19.4.